The smallest absolute Gasteiger partial charge is 0.101 e. The second-order valence-electron chi connectivity index (χ2n) is 3.71. The Morgan fingerprint density at radius 3 is 1.31 bits per heavy atom. The van der Waals surface area contributed by atoms with E-state index < -0.39 is 0 Å². The van der Waals surface area contributed by atoms with Gasteiger partial charge in [-0.1, -0.05) is 36.4 Å². The van der Waals surface area contributed by atoms with Crippen LogP contribution in [0.2, 0.25) is 0 Å². The van der Waals surface area contributed by atoms with E-state index in [1.165, 1.54) is 0 Å². The van der Waals surface area contributed by atoms with Crippen molar-refractivity contribution in [2.45, 2.75) is 0 Å². The van der Waals surface area contributed by atoms with Crippen LogP contribution in [0.25, 0.3) is 0 Å². The van der Waals surface area contributed by atoms with Gasteiger partial charge in [0.1, 0.15) is 12.1 Å². The molecule has 0 aliphatic heterocycles. The standard InChI is InChI=1S/C14H6N2/c15-7-13-11-5-6-12(14(13)8-16)10-2-1-9(11)3-4-10/h1-6H. The molecule has 0 saturated heterocycles. The first-order chi connectivity index (χ1) is 7.85. The maximum absolute atomic E-state index is 9.16. The fourth-order valence-corrected chi connectivity index (χ4v) is 2.15. The van der Waals surface area contributed by atoms with E-state index in [0.717, 1.165) is 20.9 Å². The van der Waals surface area contributed by atoms with Crippen LogP contribution >= 0.6 is 0 Å². The van der Waals surface area contributed by atoms with Crippen LogP contribution in [0.5, 0.6) is 0 Å². The van der Waals surface area contributed by atoms with Gasteiger partial charge in [-0.3, -0.25) is 0 Å². The van der Waals surface area contributed by atoms with Crippen molar-refractivity contribution >= 4 is 0 Å². The Bertz CT molecular complexity index is 768. The van der Waals surface area contributed by atoms with Gasteiger partial charge in [0, 0.05) is 10.4 Å². The molecule has 0 spiro atoms. The van der Waals surface area contributed by atoms with Gasteiger partial charge in [0.15, 0.2) is 0 Å². The Kier molecular flexibility index (Phi) is 1.61. The zero-order valence-corrected chi connectivity index (χ0v) is 8.36. The summed E-state index contributed by atoms with van der Waals surface area (Å²) in [6.07, 6.45) is 0. The summed E-state index contributed by atoms with van der Waals surface area (Å²) < 4.78 is 0. The highest BCUT2D eigenvalue weighted by Gasteiger charge is 2.07. The highest BCUT2D eigenvalue weighted by Crippen LogP contribution is 2.16. The minimum absolute atomic E-state index is 0.487. The second kappa shape index (κ2) is 2.95. The van der Waals surface area contributed by atoms with Gasteiger partial charge in [0.05, 0.1) is 11.1 Å². The molecule has 0 unspecified atom stereocenters. The van der Waals surface area contributed by atoms with Crippen LogP contribution in [0, 0.1) is 43.5 Å². The molecule has 0 aromatic heterocycles. The van der Waals surface area contributed by atoms with E-state index in [1.807, 2.05) is 36.4 Å². The van der Waals surface area contributed by atoms with Gasteiger partial charge in [-0.15, -0.1) is 0 Å². The molecule has 0 saturated carbocycles. The van der Waals surface area contributed by atoms with E-state index in [0.29, 0.717) is 11.1 Å². The van der Waals surface area contributed by atoms with Crippen LogP contribution in [0.3, 0.4) is 0 Å². The third-order valence-electron chi connectivity index (χ3n) is 2.94. The Balaban J connectivity index is 2.91. The molecule has 72 valence electrons. The van der Waals surface area contributed by atoms with Crippen LogP contribution in [0.4, 0.5) is 0 Å². The van der Waals surface area contributed by atoms with Crippen LogP contribution < -0.4 is 0 Å². The molecular weight excluding hydrogens is 196 g/mol. The van der Waals surface area contributed by atoms with Crippen molar-refractivity contribution in [3.8, 4) is 12.1 Å². The zero-order chi connectivity index (χ0) is 11.1. The van der Waals surface area contributed by atoms with Crippen molar-refractivity contribution in [2.24, 2.45) is 0 Å². The molecule has 2 aromatic carbocycles. The molecule has 4 bridgehead atoms. The summed E-state index contributed by atoms with van der Waals surface area (Å²) in [5.41, 5.74) is 0.974. The van der Waals surface area contributed by atoms with E-state index in [1.54, 1.807) is 0 Å². The van der Waals surface area contributed by atoms with Crippen molar-refractivity contribution in [2.75, 3.05) is 0 Å². The molecule has 6 rings (SSSR count). The van der Waals surface area contributed by atoms with Crippen LogP contribution in [0.1, 0.15) is 11.1 Å². The number of hydrogen-bond acceptors (Lipinski definition) is 2. The molecule has 0 N–H and O–H groups in total. The van der Waals surface area contributed by atoms with Crippen LogP contribution in [0.15, 0.2) is 36.4 Å². The maximum atomic E-state index is 9.16. The van der Waals surface area contributed by atoms with Gasteiger partial charge in [0.25, 0.3) is 0 Å². The molecule has 2 nitrogen and oxygen atoms in total. The predicted molar refractivity (Wildman–Crippen MR) is 57.7 cm³/mol. The third kappa shape index (κ3) is 0.935. The minimum Gasteiger partial charge on any atom is -0.192 e. The van der Waals surface area contributed by atoms with Gasteiger partial charge >= 0.3 is 0 Å². The lowest BCUT2D eigenvalue weighted by atomic mass is 9.98. The highest BCUT2D eigenvalue weighted by atomic mass is 14.3. The Morgan fingerprint density at radius 2 is 1.00 bits per heavy atom. The average molecular weight is 202 g/mol. The molecule has 4 aliphatic carbocycles. The SMILES string of the molecule is N#Cc1c(C#N)c2ccc1=c1ccc=2cc1. The zero-order valence-electron chi connectivity index (χ0n) is 8.36. The number of nitriles is 2. The lowest BCUT2D eigenvalue weighted by molar-refractivity contribution is 1.31. The summed E-state index contributed by atoms with van der Waals surface area (Å²) in [6, 6.07) is 16.0. The number of nitrogens with zero attached hydrogens (tertiary/aromatic N) is 2. The maximum Gasteiger partial charge on any atom is 0.101 e. The monoisotopic (exact) mass is 202 g/mol. The quantitative estimate of drug-likeness (QED) is 0.561. The summed E-state index contributed by atoms with van der Waals surface area (Å²) in [5, 5.41) is 22.0. The lowest BCUT2D eigenvalue weighted by Gasteiger charge is -2.02. The van der Waals surface area contributed by atoms with Gasteiger partial charge < -0.3 is 0 Å². The fourth-order valence-electron chi connectivity index (χ4n) is 2.15. The molecule has 0 heterocycles. The van der Waals surface area contributed by atoms with E-state index in [2.05, 4.69) is 12.1 Å². The topological polar surface area (TPSA) is 47.6 Å². The first-order valence-electron chi connectivity index (χ1n) is 4.93. The van der Waals surface area contributed by atoms with Crippen molar-refractivity contribution in [3.05, 3.63) is 68.4 Å². The summed E-state index contributed by atoms with van der Waals surface area (Å²) in [4.78, 5) is 0. The van der Waals surface area contributed by atoms with Gasteiger partial charge in [-0.05, 0) is 10.4 Å². The molecule has 16 heavy (non-hydrogen) atoms. The van der Waals surface area contributed by atoms with Crippen molar-refractivity contribution < 1.29 is 0 Å². The molecule has 0 atom stereocenters. The second-order valence-corrected chi connectivity index (χ2v) is 3.71. The Morgan fingerprint density at radius 1 is 0.625 bits per heavy atom. The largest absolute Gasteiger partial charge is 0.192 e. The van der Waals surface area contributed by atoms with Crippen molar-refractivity contribution in [1.29, 1.82) is 10.5 Å². The number of benzene rings is 2. The predicted octanol–water partition coefficient (Wildman–Crippen LogP) is 2.32. The summed E-state index contributed by atoms with van der Waals surface area (Å²) >= 11 is 0. The Hall–Kier alpha value is -2.58. The van der Waals surface area contributed by atoms with Crippen molar-refractivity contribution in [1.82, 2.24) is 0 Å². The van der Waals surface area contributed by atoms with Crippen LogP contribution in [-0.2, 0) is 0 Å². The molecule has 0 radical (unpaired) electrons. The van der Waals surface area contributed by atoms with E-state index in [9.17, 15) is 0 Å². The van der Waals surface area contributed by atoms with Gasteiger partial charge in [0.2, 0.25) is 0 Å². The third-order valence-corrected chi connectivity index (χ3v) is 2.94. The number of hydrogen-bond donors (Lipinski definition) is 0. The molecule has 2 heteroatoms. The summed E-state index contributed by atoms with van der Waals surface area (Å²) in [6.45, 7) is 0. The van der Waals surface area contributed by atoms with E-state index >= 15 is 0 Å². The first kappa shape index (κ1) is 8.71. The molecule has 2 aromatic rings. The minimum atomic E-state index is 0.487. The fraction of sp³-hybridized carbons (Fsp3) is 0. The van der Waals surface area contributed by atoms with Crippen LogP contribution in [-0.4, -0.2) is 0 Å². The summed E-state index contributed by atoms with van der Waals surface area (Å²) in [5.74, 6) is 0. The van der Waals surface area contributed by atoms with Crippen molar-refractivity contribution in [3.63, 3.8) is 0 Å². The normalized spacial score (nSPS) is 10.4. The molecule has 0 amide bonds. The Labute approximate surface area is 91.6 Å². The number of rotatable bonds is 0. The summed E-state index contributed by atoms with van der Waals surface area (Å²) in [7, 11) is 0. The average Bonchev–Trinajstić information content (AvgIpc) is 2.32. The molecule has 0 fully saturated rings. The molecule has 4 aliphatic rings. The van der Waals surface area contributed by atoms with E-state index in [-0.39, 0.29) is 0 Å². The van der Waals surface area contributed by atoms with E-state index in [4.69, 9.17) is 10.5 Å². The molecular formula is C14H6N2. The van der Waals surface area contributed by atoms with Gasteiger partial charge in [-0.25, -0.2) is 0 Å². The van der Waals surface area contributed by atoms with Gasteiger partial charge in [-0.2, -0.15) is 10.5 Å². The lowest BCUT2D eigenvalue weighted by Crippen LogP contribution is -1.93. The highest BCUT2D eigenvalue weighted by molar-refractivity contribution is 5.50. The first-order valence-corrected chi connectivity index (χ1v) is 4.93.